The van der Waals surface area contributed by atoms with Crippen molar-refractivity contribution >= 4 is 44.9 Å². The fourth-order valence-electron chi connectivity index (χ4n) is 3.96. The molecule has 3 N–H and O–H groups in total. The molecule has 1 aliphatic heterocycles. The Balaban J connectivity index is 1.24. The molecular weight excluding hydrogens is 466 g/mol. The number of methoxy groups -OCH3 is 1. The second-order valence-electron chi connectivity index (χ2n) is 8.02. The highest BCUT2D eigenvalue weighted by Gasteiger charge is 2.18. The third kappa shape index (κ3) is 4.98. The molecule has 0 spiro atoms. The van der Waals surface area contributed by atoms with Crippen molar-refractivity contribution in [3.63, 3.8) is 0 Å². The number of nitrogens with one attached hydrogen (secondary N) is 3. The number of para-hydroxylation sites is 1. The standard InChI is InChI=1S/C25H25N5O4S/c1-33-20-5-3-2-4-17(20)15-26-24(32)21-14-19-22(28-29-25(19)35-21)27-23(31)16-6-8-18(9-7-16)30-10-12-34-13-11-30/h2-9,14H,10-13,15H2,1H3,(H,26,32)(H2,27,28,29,31). The first kappa shape index (κ1) is 22.9. The van der Waals surface area contributed by atoms with Crippen molar-refractivity contribution in [1.29, 1.82) is 0 Å². The topological polar surface area (TPSA) is 109 Å². The third-order valence-corrected chi connectivity index (χ3v) is 6.88. The number of benzene rings is 2. The Hall–Kier alpha value is -3.89. The van der Waals surface area contributed by atoms with Crippen LogP contribution in [-0.4, -0.2) is 55.4 Å². The number of anilines is 2. The van der Waals surface area contributed by atoms with Crippen LogP contribution in [0.2, 0.25) is 0 Å². The lowest BCUT2D eigenvalue weighted by Crippen LogP contribution is -2.36. The lowest BCUT2D eigenvalue weighted by Gasteiger charge is -2.28. The number of fused-ring (bicyclic) bond motifs is 1. The fraction of sp³-hybridized carbons (Fsp3) is 0.240. The van der Waals surface area contributed by atoms with Crippen molar-refractivity contribution in [3.8, 4) is 5.75 Å². The van der Waals surface area contributed by atoms with E-state index < -0.39 is 0 Å². The zero-order valence-corrected chi connectivity index (χ0v) is 20.0. The summed E-state index contributed by atoms with van der Waals surface area (Å²) < 4.78 is 10.7. The number of ether oxygens (including phenoxy) is 2. The molecule has 3 heterocycles. The minimum Gasteiger partial charge on any atom is -0.496 e. The van der Waals surface area contributed by atoms with Crippen molar-refractivity contribution in [2.75, 3.05) is 43.6 Å². The van der Waals surface area contributed by atoms with E-state index in [4.69, 9.17) is 9.47 Å². The first-order valence-electron chi connectivity index (χ1n) is 11.2. The number of morpholine rings is 1. The van der Waals surface area contributed by atoms with Gasteiger partial charge in [0.05, 0.1) is 30.6 Å². The van der Waals surface area contributed by atoms with Crippen molar-refractivity contribution in [2.24, 2.45) is 0 Å². The van der Waals surface area contributed by atoms with Crippen molar-refractivity contribution in [2.45, 2.75) is 6.54 Å². The first-order chi connectivity index (χ1) is 17.1. The van der Waals surface area contributed by atoms with E-state index in [0.717, 1.165) is 30.1 Å². The van der Waals surface area contributed by atoms with Crippen LogP contribution in [0.4, 0.5) is 11.5 Å². The number of H-pyrrole nitrogens is 1. The summed E-state index contributed by atoms with van der Waals surface area (Å²) in [5, 5.41) is 13.6. The minimum absolute atomic E-state index is 0.213. The molecule has 0 radical (unpaired) electrons. The predicted molar refractivity (Wildman–Crippen MR) is 136 cm³/mol. The van der Waals surface area contributed by atoms with Crippen LogP contribution < -0.4 is 20.3 Å². The maximum absolute atomic E-state index is 12.8. The molecule has 4 aromatic rings. The number of thiophene rings is 1. The van der Waals surface area contributed by atoms with E-state index in [-0.39, 0.29) is 11.8 Å². The highest BCUT2D eigenvalue weighted by atomic mass is 32.1. The number of hydrogen-bond acceptors (Lipinski definition) is 7. The number of amides is 2. The lowest BCUT2D eigenvalue weighted by atomic mass is 10.1. The van der Waals surface area contributed by atoms with Crippen molar-refractivity contribution in [1.82, 2.24) is 15.5 Å². The van der Waals surface area contributed by atoms with Gasteiger partial charge < -0.3 is 25.0 Å². The van der Waals surface area contributed by atoms with Crippen LogP contribution in [0.1, 0.15) is 25.6 Å². The number of hydrogen-bond donors (Lipinski definition) is 3. The molecule has 2 aromatic carbocycles. The predicted octanol–water partition coefficient (Wildman–Crippen LogP) is 3.65. The molecular formula is C25H25N5O4S. The van der Waals surface area contributed by atoms with E-state index in [9.17, 15) is 9.59 Å². The fourth-order valence-corrected chi connectivity index (χ4v) is 4.87. The van der Waals surface area contributed by atoms with Crippen molar-refractivity contribution < 1.29 is 19.1 Å². The molecule has 180 valence electrons. The maximum Gasteiger partial charge on any atom is 0.261 e. The van der Waals surface area contributed by atoms with E-state index in [1.54, 1.807) is 25.3 Å². The summed E-state index contributed by atoms with van der Waals surface area (Å²) in [5.41, 5.74) is 2.49. The van der Waals surface area contributed by atoms with Gasteiger partial charge in [0.1, 0.15) is 16.4 Å². The highest BCUT2D eigenvalue weighted by Crippen LogP contribution is 2.30. The molecule has 0 unspecified atom stereocenters. The van der Waals surface area contributed by atoms with Gasteiger partial charge in [-0.15, -0.1) is 11.3 Å². The van der Waals surface area contributed by atoms with E-state index in [1.807, 2.05) is 36.4 Å². The van der Waals surface area contributed by atoms with Gasteiger partial charge in [0.25, 0.3) is 11.8 Å². The van der Waals surface area contributed by atoms with Crippen molar-refractivity contribution in [3.05, 3.63) is 70.6 Å². The number of rotatable bonds is 7. The van der Waals surface area contributed by atoms with Crippen LogP contribution in [0.3, 0.4) is 0 Å². The summed E-state index contributed by atoms with van der Waals surface area (Å²) >= 11 is 1.26. The Labute approximate surface area is 206 Å². The average Bonchev–Trinajstić information content (AvgIpc) is 3.50. The van der Waals surface area contributed by atoms with Gasteiger partial charge in [-0.05, 0) is 36.4 Å². The summed E-state index contributed by atoms with van der Waals surface area (Å²) in [7, 11) is 1.60. The van der Waals surface area contributed by atoms with Crippen LogP contribution in [-0.2, 0) is 11.3 Å². The van der Waals surface area contributed by atoms with Crippen LogP contribution >= 0.6 is 11.3 Å². The maximum atomic E-state index is 12.8. The molecule has 5 rings (SSSR count). The summed E-state index contributed by atoms with van der Waals surface area (Å²) in [4.78, 5) is 28.9. The monoisotopic (exact) mass is 491 g/mol. The van der Waals surface area contributed by atoms with Crippen LogP contribution in [0, 0.1) is 0 Å². The molecule has 35 heavy (non-hydrogen) atoms. The molecule has 0 saturated carbocycles. The first-order valence-corrected chi connectivity index (χ1v) is 12.1. The molecule has 1 aliphatic rings. The Morgan fingerprint density at radius 3 is 2.66 bits per heavy atom. The van der Waals surface area contributed by atoms with Gasteiger partial charge in [-0.1, -0.05) is 18.2 Å². The second kappa shape index (κ2) is 10.2. The van der Waals surface area contributed by atoms with Gasteiger partial charge in [0.2, 0.25) is 0 Å². The van der Waals surface area contributed by atoms with Crippen LogP contribution in [0.15, 0.2) is 54.6 Å². The Bertz CT molecular complexity index is 1340. The highest BCUT2D eigenvalue weighted by molar-refractivity contribution is 7.20. The summed E-state index contributed by atoms with van der Waals surface area (Å²) in [6, 6.07) is 16.8. The zero-order valence-electron chi connectivity index (χ0n) is 19.2. The van der Waals surface area contributed by atoms with Gasteiger partial charge >= 0.3 is 0 Å². The molecule has 1 saturated heterocycles. The number of aromatic amines is 1. The molecule has 2 aromatic heterocycles. The summed E-state index contributed by atoms with van der Waals surface area (Å²) in [6.45, 7) is 3.43. The van der Waals surface area contributed by atoms with Gasteiger partial charge in [-0.25, -0.2) is 0 Å². The molecule has 0 atom stereocenters. The number of carbonyl (C=O) groups is 2. The SMILES string of the molecule is COc1ccccc1CNC(=O)c1cc2c(NC(=O)c3ccc(N4CCOCC4)cc3)[nH]nc2s1. The van der Waals surface area contributed by atoms with E-state index >= 15 is 0 Å². The minimum atomic E-state index is -0.252. The Morgan fingerprint density at radius 1 is 1.11 bits per heavy atom. The average molecular weight is 492 g/mol. The normalized spacial score (nSPS) is 13.6. The molecule has 0 aliphatic carbocycles. The zero-order chi connectivity index (χ0) is 24.2. The lowest BCUT2D eigenvalue weighted by molar-refractivity contribution is 0.0954. The molecule has 2 amide bonds. The molecule has 9 nitrogen and oxygen atoms in total. The number of carbonyl (C=O) groups excluding carboxylic acids is 2. The Kier molecular flexibility index (Phi) is 6.64. The number of nitrogens with zero attached hydrogens (tertiary/aromatic N) is 2. The summed E-state index contributed by atoms with van der Waals surface area (Å²) in [6.07, 6.45) is 0. The van der Waals surface area contributed by atoms with Gasteiger partial charge in [0, 0.05) is 36.4 Å². The third-order valence-electron chi connectivity index (χ3n) is 5.85. The molecule has 10 heteroatoms. The number of aromatic nitrogens is 2. The Morgan fingerprint density at radius 2 is 1.89 bits per heavy atom. The van der Waals surface area contributed by atoms with E-state index in [1.165, 1.54) is 11.3 Å². The smallest absolute Gasteiger partial charge is 0.261 e. The van der Waals surface area contributed by atoms with Gasteiger partial charge in [0.15, 0.2) is 0 Å². The van der Waals surface area contributed by atoms with Gasteiger partial charge in [-0.3, -0.25) is 14.7 Å². The quantitative estimate of drug-likeness (QED) is 0.364. The second-order valence-corrected chi connectivity index (χ2v) is 9.05. The van der Waals surface area contributed by atoms with E-state index in [2.05, 4.69) is 25.7 Å². The summed E-state index contributed by atoms with van der Waals surface area (Å²) in [5.74, 6) is 0.714. The molecule has 0 bridgehead atoms. The van der Waals surface area contributed by atoms with Gasteiger partial charge in [-0.2, -0.15) is 5.10 Å². The largest absolute Gasteiger partial charge is 0.496 e. The van der Waals surface area contributed by atoms with Crippen LogP contribution in [0.25, 0.3) is 10.2 Å². The van der Waals surface area contributed by atoms with E-state index in [0.29, 0.717) is 46.2 Å². The van der Waals surface area contributed by atoms with Crippen LogP contribution in [0.5, 0.6) is 5.75 Å². The molecule has 1 fully saturated rings.